The van der Waals surface area contributed by atoms with Gasteiger partial charge in [-0.1, -0.05) is 0 Å². The van der Waals surface area contributed by atoms with E-state index < -0.39 is 10.2 Å². The van der Waals surface area contributed by atoms with Gasteiger partial charge in [0.05, 0.1) is 6.54 Å². The number of hydrogen-bond acceptors (Lipinski definition) is 5. The van der Waals surface area contributed by atoms with Crippen molar-refractivity contribution < 1.29 is 17.6 Å². The van der Waals surface area contributed by atoms with Gasteiger partial charge in [0, 0.05) is 32.8 Å². The third-order valence-corrected chi connectivity index (χ3v) is 5.33. The summed E-state index contributed by atoms with van der Waals surface area (Å²) in [7, 11) is -3.57. The van der Waals surface area contributed by atoms with Gasteiger partial charge in [-0.25, -0.2) is 5.14 Å². The zero-order valence-corrected chi connectivity index (χ0v) is 13.4. The predicted molar refractivity (Wildman–Crippen MR) is 81.2 cm³/mol. The fourth-order valence-corrected chi connectivity index (χ4v) is 3.65. The molecule has 22 heavy (non-hydrogen) atoms. The SMILES string of the molecule is NS(=O)(=O)N1CCN(Cc2ccc([C@@H]3CCCCO3)o2)CC1. The van der Waals surface area contributed by atoms with Crippen molar-refractivity contribution >= 4 is 10.2 Å². The molecule has 0 aliphatic carbocycles. The summed E-state index contributed by atoms with van der Waals surface area (Å²) in [6.07, 6.45) is 3.40. The molecule has 0 amide bonds. The van der Waals surface area contributed by atoms with Crippen LogP contribution < -0.4 is 5.14 Å². The fraction of sp³-hybridized carbons (Fsp3) is 0.714. The summed E-state index contributed by atoms with van der Waals surface area (Å²) >= 11 is 0. The molecule has 0 spiro atoms. The van der Waals surface area contributed by atoms with E-state index >= 15 is 0 Å². The maximum absolute atomic E-state index is 11.3. The highest BCUT2D eigenvalue weighted by Crippen LogP contribution is 2.29. The Balaban J connectivity index is 1.53. The second-order valence-electron chi connectivity index (χ2n) is 5.88. The van der Waals surface area contributed by atoms with E-state index in [1.165, 1.54) is 10.7 Å². The quantitative estimate of drug-likeness (QED) is 0.884. The van der Waals surface area contributed by atoms with Crippen LogP contribution in [0, 0.1) is 0 Å². The van der Waals surface area contributed by atoms with Crippen LogP contribution in [-0.2, 0) is 21.5 Å². The first-order valence-corrected chi connectivity index (χ1v) is 9.23. The minimum absolute atomic E-state index is 0.0849. The molecule has 0 radical (unpaired) electrons. The van der Waals surface area contributed by atoms with Crippen molar-refractivity contribution in [3.63, 3.8) is 0 Å². The van der Waals surface area contributed by atoms with Gasteiger partial charge >= 0.3 is 0 Å². The monoisotopic (exact) mass is 329 g/mol. The normalized spacial score (nSPS) is 25.4. The molecule has 8 heteroatoms. The van der Waals surface area contributed by atoms with Crippen molar-refractivity contribution in [1.29, 1.82) is 0 Å². The van der Waals surface area contributed by atoms with Crippen molar-refractivity contribution in [3.8, 4) is 0 Å². The van der Waals surface area contributed by atoms with Gasteiger partial charge in [-0.3, -0.25) is 4.90 Å². The Morgan fingerprint density at radius 1 is 1.18 bits per heavy atom. The Labute approximate surface area is 131 Å². The highest BCUT2D eigenvalue weighted by molar-refractivity contribution is 7.86. The fourth-order valence-electron chi connectivity index (χ4n) is 2.98. The van der Waals surface area contributed by atoms with Crippen LogP contribution in [0.1, 0.15) is 36.9 Å². The molecule has 1 aromatic heterocycles. The molecule has 0 bridgehead atoms. The third-order valence-electron chi connectivity index (χ3n) is 4.25. The lowest BCUT2D eigenvalue weighted by Crippen LogP contribution is -2.50. The molecule has 0 unspecified atom stereocenters. The summed E-state index contributed by atoms with van der Waals surface area (Å²) in [5.74, 6) is 1.80. The summed E-state index contributed by atoms with van der Waals surface area (Å²) in [6.45, 7) is 3.66. The van der Waals surface area contributed by atoms with Gasteiger partial charge in [0.25, 0.3) is 10.2 Å². The molecule has 1 aromatic rings. The number of ether oxygens (including phenoxy) is 1. The summed E-state index contributed by atoms with van der Waals surface area (Å²) in [5, 5.41) is 5.14. The first-order chi connectivity index (χ1) is 10.5. The van der Waals surface area contributed by atoms with E-state index in [-0.39, 0.29) is 6.10 Å². The molecule has 0 saturated carbocycles. The molecule has 1 atom stereocenters. The Hall–Kier alpha value is -0.930. The topological polar surface area (TPSA) is 89.0 Å². The molecule has 3 heterocycles. The van der Waals surface area contributed by atoms with E-state index in [2.05, 4.69) is 4.90 Å². The third kappa shape index (κ3) is 3.88. The highest BCUT2D eigenvalue weighted by Gasteiger charge is 2.25. The average molecular weight is 329 g/mol. The largest absolute Gasteiger partial charge is 0.462 e. The first-order valence-electron chi connectivity index (χ1n) is 7.73. The molecule has 2 N–H and O–H groups in total. The molecule has 2 aliphatic heterocycles. The van der Waals surface area contributed by atoms with Crippen LogP contribution in [0.4, 0.5) is 0 Å². The Morgan fingerprint density at radius 3 is 2.59 bits per heavy atom. The van der Waals surface area contributed by atoms with Crippen molar-refractivity contribution in [2.45, 2.75) is 31.9 Å². The van der Waals surface area contributed by atoms with Gasteiger partial charge in [0.2, 0.25) is 0 Å². The van der Waals surface area contributed by atoms with Crippen LogP contribution in [-0.4, -0.2) is 50.4 Å². The minimum Gasteiger partial charge on any atom is -0.462 e. The van der Waals surface area contributed by atoms with Crippen LogP contribution in [0.25, 0.3) is 0 Å². The molecular formula is C14H23N3O4S. The zero-order chi connectivity index (χ0) is 15.6. The van der Waals surface area contributed by atoms with Crippen molar-refractivity contribution in [3.05, 3.63) is 23.7 Å². The van der Waals surface area contributed by atoms with Gasteiger partial charge in [0.15, 0.2) is 0 Å². The second-order valence-corrected chi connectivity index (χ2v) is 7.43. The number of rotatable bonds is 4. The Morgan fingerprint density at radius 2 is 1.95 bits per heavy atom. The molecule has 3 rings (SSSR count). The lowest BCUT2D eigenvalue weighted by molar-refractivity contribution is 0.000743. The van der Waals surface area contributed by atoms with E-state index in [9.17, 15) is 8.42 Å². The van der Waals surface area contributed by atoms with Gasteiger partial charge in [-0.05, 0) is 31.4 Å². The number of hydrogen-bond donors (Lipinski definition) is 1. The molecular weight excluding hydrogens is 306 g/mol. The van der Waals surface area contributed by atoms with Gasteiger partial charge < -0.3 is 9.15 Å². The summed E-state index contributed by atoms with van der Waals surface area (Å²) < 4.78 is 35.5. The smallest absolute Gasteiger partial charge is 0.276 e. The standard InChI is InChI=1S/C14H23N3O4S/c15-22(18,19)17-8-6-16(7-9-17)11-12-4-5-14(21-12)13-3-1-2-10-20-13/h4-5,13H,1-3,6-11H2,(H2,15,18,19)/t13-/m0/s1. The molecule has 0 aromatic carbocycles. The zero-order valence-electron chi connectivity index (χ0n) is 12.6. The lowest BCUT2D eigenvalue weighted by Gasteiger charge is -2.32. The molecule has 2 fully saturated rings. The Bertz CT molecular complexity index is 587. The lowest BCUT2D eigenvalue weighted by atomic mass is 10.1. The highest BCUT2D eigenvalue weighted by atomic mass is 32.2. The van der Waals surface area contributed by atoms with Gasteiger partial charge in [-0.15, -0.1) is 0 Å². The van der Waals surface area contributed by atoms with Crippen LogP contribution >= 0.6 is 0 Å². The van der Waals surface area contributed by atoms with Crippen molar-refractivity contribution in [1.82, 2.24) is 9.21 Å². The van der Waals surface area contributed by atoms with Crippen LogP contribution in [0.3, 0.4) is 0 Å². The van der Waals surface area contributed by atoms with Crippen LogP contribution in [0.5, 0.6) is 0 Å². The number of furan rings is 1. The van der Waals surface area contributed by atoms with E-state index in [1.54, 1.807) is 0 Å². The number of nitrogens with two attached hydrogens (primary N) is 1. The summed E-state index contributed by atoms with van der Waals surface area (Å²) in [6, 6.07) is 3.98. The van der Waals surface area contributed by atoms with E-state index in [0.717, 1.165) is 31.0 Å². The molecule has 2 saturated heterocycles. The van der Waals surface area contributed by atoms with E-state index in [4.69, 9.17) is 14.3 Å². The van der Waals surface area contributed by atoms with E-state index in [0.29, 0.717) is 32.7 Å². The molecule has 124 valence electrons. The maximum Gasteiger partial charge on any atom is 0.276 e. The summed E-state index contributed by atoms with van der Waals surface area (Å²) in [4.78, 5) is 2.17. The average Bonchev–Trinajstić information content (AvgIpc) is 2.96. The minimum atomic E-state index is -3.57. The molecule has 2 aliphatic rings. The Kier molecular flexibility index (Phi) is 4.84. The van der Waals surface area contributed by atoms with Crippen molar-refractivity contribution in [2.75, 3.05) is 32.8 Å². The van der Waals surface area contributed by atoms with Crippen LogP contribution in [0.15, 0.2) is 16.5 Å². The number of nitrogens with zero attached hydrogens (tertiary/aromatic N) is 2. The number of piperazine rings is 1. The second kappa shape index (κ2) is 6.67. The van der Waals surface area contributed by atoms with Crippen LogP contribution in [0.2, 0.25) is 0 Å². The summed E-state index contributed by atoms with van der Waals surface area (Å²) in [5.41, 5.74) is 0. The first kappa shape index (κ1) is 15.9. The predicted octanol–water partition coefficient (Wildman–Crippen LogP) is 0.842. The maximum atomic E-state index is 11.3. The van der Waals surface area contributed by atoms with E-state index in [1.807, 2.05) is 12.1 Å². The van der Waals surface area contributed by atoms with Crippen molar-refractivity contribution in [2.24, 2.45) is 5.14 Å². The molecule has 7 nitrogen and oxygen atoms in total. The van der Waals surface area contributed by atoms with Gasteiger partial charge in [0.1, 0.15) is 17.6 Å². The van der Waals surface area contributed by atoms with Gasteiger partial charge in [-0.2, -0.15) is 12.7 Å².